The fourth-order valence-corrected chi connectivity index (χ4v) is 1.85. The summed E-state index contributed by atoms with van der Waals surface area (Å²) < 4.78 is 5.16. The van der Waals surface area contributed by atoms with Gasteiger partial charge in [-0.25, -0.2) is 9.59 Å². The molecule has 1 rings (SSSR count). The molecule has 1 heterocycles. The van der Waals surface area contributed by atoms with E-state index in [2.05, 4.69) is 0 Å². The summed E-state index contributed by atoms with van der Waals surface area (Å²) in [6, 6.07) is -0.903. The molecule has 0 aromatic heterocycles. The lowest BCUT2D eigenvalue weighted by atomic mass is 10.0. The van der Waals surface area contributed by atoms with E-state index in [-0.39, 0.29) is 13.0 Å². The molecule has 1 fully saturated rings. The Bertz CT molecular complexity index is 333. The maximum absolute atomic E-state index is 11.8. The van der Waals surface area contributed by atoms with Crippen molar-refractivity contribution in [3.63, 3.8) is 0 Å². The Morgan fingerprint density at radius 2 is 2.00 bits per heavy atom. The van der Waals surface area contributed by atoms with Crippen LogP contribution >= 0.6 is 0 Å². The molecule has 6 nitrogen and oxygen atoms in total. The second-order valence-corrected chi connectivity index (χ2v) is 5.82. The standard InChI is InChI=1S/C11H20N2O4/c1-10(2,3)17-9(16)13-6-11(4,12)5-7(13)8(14)15/h7H,5-6,12H2,1-4H3,(H,14,15). The zero-order valence-electron chi connectivity index (χ0n) is 10.7. The maximum atomic E-state index is 11.8. The first-order valence-corrected chi connectivity index (χ1v) is 5.53. The number of nitrogens with zero attached hydrogens (tertiary/aromatic N) is 1. The molecule has 1 aliphatic rings. The molecule has 1 saturated heterocycles. The number of carboxylic acids is 1. The summed E-state index contributed by atoms with van der Waals surface area (Å²) >= 11 is 0. The van der Waals surface area contributed by atoms with E-state index in [0.717, 1.165) is 0 Å². The summed E-state index contributed by atoms with van der Waals surface area (Å²) in [5.41, 5.74) is 4.56. The fourth-order valence-electron chi connectivity index (χ4n) is 1.85. The van der Waals surface area contributed by atoms with Gasteiger partial charge >= 0.3 is 12.1 Å². The zero-order chi connectivity index (χ0) is 13.4. The van der Waals surface area contributed by atoms with Crippen molar-refractivity contribution in [3.8, 4) is 0 Å². The van der Waals surface area contributed by atoms with E-state index in [0.29, 0.717) is 0 Å². The lowest BCUT2D eigenvalue weighted by Gasteiger charge is -2.27. The average Bonchev–Trinajstić information content (AvgIpc) is 2.38. The normalized spacial score (nSPS) is 29.2. The Kier molecular flexibility index (Phi) is 3.38. The summed E-state index contributed by atoms with van der Waals surface area (Å²) in [6.45, 7) is 7.13. The molecule has 0 saturated carbocycles. The van der Waals surface area contributed by atoms with Gasteiger partial charge in [-0.1, -0.05) is 0 Å². The van der Waals surface area contributed by atoms with E-state index in [1.54, 1.807) is 27.7 Å². The molecule has 0 spiro atoms. The third-order valence-electron chi connectivity index (χ3n) is 2.48. The molecule has 1 aliphatic heterocycles. The van der Waals surface area contributed by atoms with Crippen molar-refractivity contribution in [2.45, 2.75) is 51.3 Å². The smallest absolute Gasteiger partial charge is 0.411 e. The van der Waals surface area contributed by atoms with Gasteiger partial charge in [-0.3, -0.25) is 4.90 Å². The van der Waals surface area contributed by atoms with E-state index in [1.807, 2.05) is 0 Å². The number of ether oxygens (including phenoxy) is 1. The number of amides is 1. The summed E-state index contributed by atoms with van der Waals surface area (Å²) in [5, 5.41) is 9.06. The predicted molar refractivity (Wildman–Crippen MR) is 61.6 cm³/mol. The highest BCUT2D eigenvalue weighted by Gasteiger charge is 2.45. The van der Waals surface area contributed by atoms with Gasteiger partial charge in [0.05, 0.1) is 0 Å². The van der Waals surface area contributed by atoms with Crippen LogP contribution in [0.5, 0.6) is 0 Å². The van der Waals surface area contributed by atoms with Crippen LogP contribution in [-0.4, -0.2) is 45.8 Å². The Morgan fingerprint density at radius 3 is 2.41 bits per heavy atom. The van der Waals surface area contributed by atoms with Crippen molar-refractivity contribution in [2.24, 2.45) is 5.73 Å². The third kappa shape index (κ3) is 3.59. The first kappa shape index (κ1) is 13.8. The minimum atomic E-state index is -1.05. The third-order valence-corrected chi connectivity index (χ3v) is 2.48. The molecule has 17 heavy (non-hydrogen) atoms. The van der Waals surface area contributed by atoms with E-state index in [1.165, 1.54) is 4.90 Å². The van der Waals surface area contributed by atoms with Crippen LogP contribution in [-0.2, 0) is 9.53 Å². The van der Waals surface area contributed by atoms with Crippen molar-refractivity contribution < 1.29 is 19.4 Å². The topological polar surface area (TPSA) is 92.9 Å². The van der Waals surface area contributed by atoms with Gasteiger partial charge in [-0.2, -0.15) is 0 Å². The van der Waals surface area contributed by atoms with Crippen LogP contribution in [0.25, 0.3) is 0 Å². The van der Waals surface area contributed by atoms with Gasteiger partial charge in [-0.05, 0) is 34.1 Å². The van der Waals surface area contributed by atoms with Crippen molar-refractivity contribution in [3.05, 3.63) is 0 Å². The van der Waals surface area contributed by atoms with Crippen LogP contribution in [0, 0.1) is 0 Å². The lowest BCUT2D eigenvalue weighted by molar-refractivity contribution is -0.142. The number of likely N-dealkylation sites (tertiary alicyclic amines) is 1. The molecule has 3 N–H and O–H groups in total. The van der Waals surface area contributed by atoms with Gasteiger partial charge < -0.3 is 15.6 Å². The highest BCUT2D eigenvalue weighted by Crippen LogP contribution is 2.26. The molecule has 98 valence electrons. The van der Waals surface area contributed by atoms with Gasteiger partial charge in [0.25, 0.3) is 0 Å². The van der Waals surface area contributed by atoms with Crippen molar-refractivity contribution in [1.29, 1.82) is 0 Å². The summed E-state index contributed by atoms with van der Waals surface area (Å²) in [7, 11) is 0. The number of carboxylic acid groups (broad SMARTS) is 1. The maximum Gasteiger partial charge on any atom is 0.411 e. The molecule has 0 bridgehead atoms. The van der Waals surface area contributed by atoms with Crippen molar-refractivity contribution in [1.82, 2.24) is 4.90 Å². The minimum absolute atomic E-state index is 0.193. The molecule has 0 radical (unpaired) electrons. The highest BCUT2D eigenvalue weighted by molar-refractivity contribution is 5.81. The van der Waals surface area contributed by atoms with Crippen LogP contribution in [0.4, 0.5) is 4.79 Å². The molecule has 0 aliphatic carbocycles. The Morgan fingerprint density at radius 1 is 1.47 bits per heavy atom. The summed E-state index contributed by atoms with van der Waals surface area (Å²) in [5.74, 6) is -1.05. The average molecular weight is 244 g/mol. The number of hydrogen-bond donors (Lipinski definition) is 2. The molecule has 2 atom stereocenters. The predicted octanol–water partition coefficient (Wildman–Crippen LogP) is 0.798. The van der Waals surface area contributed by atoms with Crippen molar-refractivity contribution in [2.75, 3.05) is 6.54 Å². The van der Waals surface area contributed by atoms with Crippen LogP contribution in [0.2, 0.25) is 0 Å². The minimum Gasteiger partial charge on any atom is -0.480 e. The SMILES string of the molecule is CC1(N)CC(C(=O)O)N(C(=O)OC(C)(C)C)C1. The van der Waals surface area contributed by atoms with E-state index in [4.69, 9.17) is 15.6 Å². The van der Waals surface area contributed by atoms with Gasteiger partial charge in [0, 0.05) is 12.1 Å². The quantitative estimate of drug-likeness (QED) is 0.711. The van der Waals surface area contributed by atoms with Gasteiger partial charge in [0.15, 0.2) is 0 Å². The Hall–Kier alpha value is -1.30. The number of carbonyl (C=O) groups is 2. The second kappa shape index (κ2) is 4.18. The van der Waals surface area contributed by atoms with Gasteiger partial charge in [-0.15, -0.1) is 0 Å². The van der Waals surface area contributed by atoms with Gasteiger partial charge in [0.1, 0.15) is 11.6 Å². The van der Waals surface area contributed by atoms with Crippen LogP contribution in [0.15, 0.2) is 0 Å². The van der Waals surface area contributed by atoms with Gasteiger partial charge in [0.2, 0.25) is 0 Å². The molecular weight excluding hydrogens is 224 g/mol. The molecule has 1 amide bonds. The first-order chi connectivity index (χ1) is 7.52. The van der Waals surface area contributed by atoms with Crippen LogP contribution in [0.1, 0.15) is 34.1 Å². The second-order valence-electron chi connectivity index (χ2n) is 5.82. The number of rotatable bonds is 1. The number of aliphatic carboxylic acids is 1. The highest BCUT2D eigenvalue weighted by atomic mass is 16.6. The van der Waals surface area contributed by atoms with E-state index >= 15 is 0 Å². The molecule has 0 aromatic carbocycles. The number of hydrogen-bond acceptors (Lipinski definition) is 4. The fraction of sp³-hybridized carbons (Fsp3) is 0.818. The largest absolute Gasteiger partial charge is 0.480 e. The molecule has 2 unspecified atom stereocenters. The lowest BCUT2D eigenvalue weighted by Crippen LogP contribution is -2.45. The van der Waals surface area contributed by atoms with E-state index < -0.39 is 29.2 Å². The molecule has 0 aromatic rings. The Labute approximate surface area is 101 Å². The number of carbonyl (C=O) groups excluding carboxylic acids is 1. The first-order valence-electron chi connectivity index (χ1n) is 5.53. The van der Waals surface area contributed by atoms with Crippen LogP contribution in [0.3, 0.4) is 0 Å². The summed E-state index contributed by atoms with van der Waals surface area (Å²) in [4.78, 5) is 24.1. The zero-order valence-corrected chi connectivity index (χ0v) is 10.7. The van der Waals surface area contributed by atoms with Crippen molar-refractivity contribution >= 4 is 12.1 Å². The molecule has 6 heteroatoms. The van der Waals surface area contributed by atoms with E-state index in [9.17, 15) is 9.59 Å². The monoisotopic (exact) mass is 244 g/mol. The number of nitrogens with two attached hydrogens (primary N) is 1. The Balaban J connectivity index is 2.81. The molecular formula is C11H20N2O4. The van der Waals surface area contributed by atoms with Crippen LogP contribution < -0.4 is 5.73 Å². The summed E-state index contributed by atoms with van der Waals surface area (Å²) in [6.07, 6.45) is -0.388.